The molecule has 76 valence electrons. The largest absolute Gasteiger partial charge is 0.392 e. The average molecular weight is 187 g/mol. The van der Waals surface area contributed by atoms with E-state index in [0.717, 1.165) is 6.61 Å². The highest BCUT2D eigenvalue weighted by Crippen LogP contribution is 1.78. The van der Waals surface area contributed by atoms with E-state index < -0.39 is 0 Å². The summed E-state index contributed by atoms with van der Waals surface area (Å²) in [6.45, 7) is 8.24. The van der Waals surface area contributed by atoms with Crippen LogP contribution >= 0.6 is 0 Å². The number of hydrogen-bond acceptors (Lipinski definition) is 4. The van der Waals surface area contributed by atoms with Gasteiger partial charge < -0.3 is 14.3 Å². The molecule has 0 bridgehead atoms. The Balaban J connectivity index is 2.97. The Hall–Kier alpha value is -0.870. The van der Waals surface area contributed by atoms with Crippen molar-refractivity contribution in [2.24, 2.45) is 5.16 Å². The van der Waals surface area contributed by atoms with Crippen molar-refractivity contribution in [2.45, 2.75) is 6.92 Å². The molecular weight excluding hydrogens is 170 g/mol. The van der Waals surface area contributed by atoms with Gasteiger partial charge in [-0.2, -0.15) is 0 Å². The normalized spacial score (nSPS) is 10.5. The second kappa shape index (κ2) is 11.1. The minimum Gasteiger partial charge on any atom is -0.392 e. The van der Waals surface area contributed by atoms with E-state index in [1.165, 1.54) is 0 Å². The summed E-state index contributed by atoms with van der Waals surface area (Å²) in [6.07, 6.45) is 3.20. The fourth-order valence-corrected chi connectivity index (χ4v) is 0.577. The molecular formula is C9H17NO3. The lowest BCUT2D eigenvalue weighted by Crippen LogP contribution is -2.05. The van der Waals surface area contributed by atoms with E-state index in [1.54, 1.807) is 12.3 Å². The molecule has 0 radical (unpaired) electrons. The standard InChI is InChI=1S/C9H17NO3/c1-3-6-13-10-5-7-12-9-8-11-4-2/h3,5H,1,4,6-9H2,2H3. The Morgan fingerprint density at radius 3 is 2.69 bits per heavy atom. The molecule has 0 aromatic carbocycles. The van der Waals surface area contributed by atoms with Gasteiger partial charge in [0, 0.05) is 6.61 Å². The first kappa shape index (κ1) is 12.1. The molecule has 0 fully saturated rings. The average Bonchev–Trinajstić information content (AvgIpc) is 2.16. The Kier molecular flexibility index (Phi) is 10.4. The van der Waals surface area contributed by atoms with E-state index in [9.17, 15) is 0 Å². The fourth-order valence-electron chi connectivity index (χ4n) is 0.577. The number of rotatable bonds is 9. The lowest BCUT2D eigenvalue weighted by atomic mass is 10.7. The number of hydrogen-bond donors (Lipinski definition) is 0. The summed E-state index contributed by atoms with van der Waals surface area (Å²) in [5, 5.41) is 3.62. The van der Waals surface area contributed by atoms with Gasteiger partial charge in [-0.3, -0.25) is 0 Å². The lowest BCUT2D eigenvalue weighted by Gasteiger charge is -2.00. The predicted octanol–water partition coefficient (Wildman–Crippen LogP) is 1.23. The molecule has 0 spiro atoms. The second-order valence-electron chi connectivity index (χ2n) is 2.14. The molecule has 0 aliphatic carbocycles. The third-order valence-corrected chi connectivity index (χ3v) is 1.11. The van der Waals surface area contributed by atoms with Crippen LogP contribution < -0.4 is 0 Å². The number of oxime groups is 1. The Labute approximate surface area is 79.2 Å². The van der Waals surface area contributed by atoms with Gasteiger partial charge in [0.2, 0.25) is 0 Å². The molecule has 13 heavy (non-hydrogen) atoms. The van der Waals surface area contributed by atoms with E-state index in [0.29, 0.717) is 26.4 Å². The summed E-state index contributed by atoms with van der Waals surface area (Å²) >= 11 is 0. The molecule has 0 amide bonds. The maximum atomic E-state index is 5.14. The Morgan fingerprint density at radius 2 is 2.00 bits per heavy atom. The van der Waals surface area contributed by atoms with Crippen LogP contribution in [0.3, 0.4) is 0 Å². The quantitative estimate of drug-likeness (QED) is 0.236. The zero-order valence-corrected chi connectivity index (χ0v) is 8.07. The summed E-state index contributed by atoms with van der Waals surface area (Å²) in [6, 6.07) is 0. The van der Waals surface area contributed by atoms with Crippen LogP contribution in [-0.4, -0.2) is 39.2 Å². The molecule has 4 nitrogen and oxygen atoms in total. The molecule has 4 heteroatoms. The highest BCUT2D eigenvalue weighted by Gasteiger charge is 1.84. The first-order chi connectivity index (χ1) is 6.41. The van der Waals surface area contributed by atoms with Gasteiger partial charge in [-0.05, 0) is 6.92 Å². The summed E-state index contributed by atoms with van der Waals surface area (Å²) in [5.41, 5.74) is 0. The van der Waals surface area contributed by atoms with Crippen LogP contribution in [0.1, 0.15) is 6.92 Å². The van der Waals surface area contributed by atoms with Crippen molar-refractivity contribution in [2.75, 3.05) is 33.0 Å². The third kappa shape index (κ3) is 11.1. The topological polar surface area (TPSA) is 40.0 Å². The van der Waals surface area contributed by atoms with Crippen molar-refractivity contribution in [3.63, 3.8) is 0 Å². The van der Waals surface area contributed by atoms with Crippen molar-refractivity contribution in [1.82, 2.24) is 0 Å². The molecule has 0 heterocycles. The van der Waals surface area contributed by atoms with Gasteiger partial charge in [-0.1, -0.05) is 17.8 Å². The molecule has 0 N–H and O–H groups in total. The van der Waals surface area contributed by atoms with Crippen molar-refractivity contribution in [3.8, 4) is 0 Å². The zero-order chi connectivity index (χ0) is 9.78. The van der Waals surface area contributed by atoms with E-state index in [2.05, 4.69) is 11.7 Å². The molecule has 0 aliphatic rings. The smallest absolute Gasteiger partial charge is 0.135 e. The van der Waals surface area contributed by atoms with Gasteiger partial charge in [-0.15, -0.1) is 0 Å². The van der Waals surface area contributed by atoms with Crippen molar-refractivity contribution >= 4 is 6.21 Å². The molecule has 0 atom stereocenters. The van der Waals surface area contributed by atoms with Gasteiger partial charge in [0.15, 0.2) is 0 Å². The maximum absolute atomic E-state index is 5.14. The van der Waals surface area contributed by atoms with E-state index >= 15 is 0 Å². The van der Waals surface area contributed by atoms with Crippen LogP contribution in [-0.2, 0) is 14.3 Å². The fraction of sp³-hybridized carbons (Fsp3) is 0.667. The molecule has 0 saturated heterocycles. The SMILES string of the molecule is C=CCON=CCOCCOCC. The van der Waals surface area contributed by atoms with Crippen LogP contribution in [0.15, 0.2) is 17.8 Å². The van der Waals surface area contributed by atoms with Crippen LogP contribution in [0.5, 0.6) is 0 Å². The highest BCUT2D eigenvalue weighted by atomic mass is 16.6. The van der Waals surface area contributed by atoms with Crippen LogP contribution in [0.4, 0.5) is 0 Å². The number of nitrogens with zero attached hydrogens (tertiary/aromatic N) is 1. The lowest BCUT2D eigenvalue weighted by molar-refractivity contribution is 0.0678. The second-order valence-corrected chi connectivity index (χ2v) is 2.14. The van der Waals surface area contributed by atoms with Crippen molar-refractivity contribution in [3.05, 3.63) is 12.7 Å². The minimum absolute atomic E-state index is 0.426. The minimum atomic E-state index is 0.426. The van der Waals surface area contributed by atoms with E-state index in [4.69, 9.17) is 14.3 Å². The maximum Gasteiger partial charge on any atom is 0.135 e. The molecule has 0 unspecified atom stereocenters. The van der Waals surface area contributed by atoms with Crippen molar-refractivity contribution < 1.29 is 14.3 Å². The summed E-state index contributed by atoms with van der Waals surface area (Å²) in [4.78, 5) is 4.75. The molecule has 0 aromatic heterocycles. The van der Waals surface area contributed by atoms with E-state index in [-0.39, 0.29) is 0 Å². The van der Waals surface area contributed by atoms with Crippen LogP contribution in [0, 0.1) is 0 Å². The van der Waals surface area contributed by atoms with Gasteiger partial charge in [0.25, 0.3) is 0 Å². The molecule has 0 aliphatic heterocycles. The van der Waals surface area contributed by atoms with Gasteiger partial charge in [0.1, 0.15) is 6.61 Å². The van der Waals surface area contributed by atoms with Gasteiger partial charge in [-0.25, -0.2) is 0 Å². The predicted molar refractivity (Wildman–Crippen MR) is 52.0 cm³/mol. The zero-order valence-electron chi connectivity index (χ0n) is 8.07. The summed E-state index contributed by atoms with van der Waals surface area (Å²) < 4.78 is 10.2. The Morgan fingerprint density at radius 1 is 1.23 bits per heavy atom. The summed E-state index contributed by atoms with van der Waals surface area (Å²) in [7, 11) is 0. The molecule has 0 saturated carbocycles. The Bertz CT molecular complexity index is 137. The first-order valence-corrected chi connectivity index (χ1v) is 4.32. The van der Waals surface area contributed by atoms with Gasteiger partial charge >= 0.3 is 0 Å². The highest BCUT2D eigenvalue weighted by molar-refractivity contribution is 5.57. The first-order valence-electron chi connectivity index (χ1n) is 4.32. The van der Waals surface area contributed by atoms with Crippen LogP contribution in [0.2, 0.25) is 0 Å². The monoisotopic (exact) mass is 187 g/mol. The van der Waals surface area contributed by atoms with E-state index in [1.807, 2.05) is 6.92 Å². The van der Waals surface area contributed by atoms with Crippen molar-refractivity contribution in [1.29, 1.82) is 0 Å². The summed E-state index contributed by atoms with van der Waals surface area (Å²) in [5.74, 6) is 0. The van der Waals surface area contributed by atoms with Crippen LogP contribution in [0.25, 0.3) is 0 Å². The van der Waals surface area contributed by atoms with Gasteiger partial charge in [0.05, 0.1) is 26.0 Å². The molecule has 0 rings (SSSR count). The number of ether oxygens (including phenoxy) is 2. The third-order valence-electron chi connectivity index (χ3n) is 1.11. The molecule has 0 aromatic rings.